The normalized spacial score (nSPS) is 0. The van der Waals surface area contributed by atoms with E-state index in [1.54, 1.807) is 0 Å². The van der Waals surface area contributed by atoms with Crippen molar-refractivity contribution in [3.63, 3.8) is 0 Å². The second-order valence-corrected chi connectivity index (χ2v) is 0. The Labute approximate surface area is 84.4 Å². The summed E-state index contributed by atoms with van der Waals surface area (Å²) in [5, 5.41) is 0. The standard InChI is InChI=1S/2CH3.U.V.W/h2*1H3;;;/q2*-1;;;. The maximum Gasteiger partial charge on any atom is 0 e. The summed E-state index contributed by atoms with van der Waals surface area (Å²) in [6, 6.07) is 0. The summed E-state index contributed by atoms with van der Waals surface area (Å²) in [5.74, 6) is 0. The summed E-state index contributed by atoms with van der Waals surface area (Å²) in [6.45, 7) is 0. The summed E-state index contributed by atoms with van der Waals surface area (Å²) in [5.41, 5.74) is 0. The fourth-order valence-electron chi connectivity index (χ4n) is 0. The molecule has 0 aromatic carbocycles. The van der Waals surface area contributed by atoms with Crippen molar-refractivity contribution in [2.45, 2.75) is 0 Å². The summed E-state index contributed by atoms with van der Waals surface area (Å²) in [4.78, 5) is 0. The molecule has 3 heteroatoms. The van der Waals surface area contributed by atoms with Gasteiger partial charge in [-0.05, 0) is 0 Å². The second kappa shape index (κ2) is 33.2. The molecule has 0 nitrogen and oxygen atoms in total. The zero-order chi connectivity index (χ0) is 0. The molecule has 0 aliphatic carbocycles. The Balaban J connectivity index is 0. The summed E-state index contributed by atoms with van der Waals surface area (Å²) in [6.07, 6.45) is 0. The average Bonchev–Trinajstić information content (AvgIpc) is 0. The number of hydrogen-bond acceptors (Lipinski definition) is 0. The van der Waals surface area contributed by atoms with Crippen LogP contribution in [0.3, 0.4) is 0 Å². The molecule has 0 aromatic heterocycles. The minimum Gasteiger partial charge on any atom is -0.358 e. The van der Waals surface area contributed by atoms with Crippen LogP contribution in [0, 0.1) is 46.0 Å². The first-order valence-corrected chi connectivity index (χ1v) is 0. The van der Waals surface area contributed by atoms with Crippen molar-refractivity contribution in [2.24, 2.45) is 0 Å². The molecular formula is C2H6UVW-2. The van der Waals surface area contributed by atoms with E-state index < -0.39 is 0 Å². The molecule has 0 unspecified atom stereocenters. The molecule has 0 rings (SSSR count). The van der Waals surface area contributed by atoms with Crippen LogP contribution in [0.1, 0.15) is 0 Å². The summed E-state index contributed by atoms with van der Waals surface area (Å²) in [7, 11) is 0. The van der Waals surface area contributed by atoms with Crippen LogP contribution in [0.4, 0.5) is 0 Å². The van der Waals surface area contributed by atoms with Crippen LogP contribution in [-0.4, -0.2) is 0 Å². The summed E-state index contributed by atoms with van der Waals surface area (Å²) < 4.78 is 0. The van der Waals surface area contributed by atoms with Gasteiger partial charge < -0.3 is 14.9 Å². The van der Waals surface area contributed by atoms with Gasteiger partial charge in [0.15, 0.2) is 0 Å². The average molecular weight is 503 g/mol. The molecule has 1 radical (unpaired) electrons. The molecule has 0 saturated carbocycles. The molecule has 0 amide bonds. The van der Waals surface area contributed by atoms with Crippen molar-refractivity contribution in [3.8, 4) is 0 Å². The molecule has 0 aliphatic heterocycles. The van der Waals surface area contributed by atoms with Gasteiger partial charge in [-0.2, -0.15) is 0 Å². The molecule has 0 N–H and O–H groups in total. The van der Waals surface area contributed by atoms with E-state index in [2.05, 4.69) is 0 Å². The molecule has 0 bridgehead atoms. The van der Waals surface area contributed by atoms with Gasteiger partial charge in [0.25, 0.3) is 0 Å². The fourth-order valence-corrected chi connectivity index (χ4v) is 0. The summed E-state index contributed by atoms with van der Waals surface area (Å²) >= 11 is 0. The Bertz CT molecular complexity index is 9.61. The van der Waals surface area contributed by atoms with E-state index in [9.17, 15) is 0 Å². The smallest absolute Gasteiger partial charge is 0 e. The molecular weight excluding hydrogens is 497 g/mol. The van der Waals surface area contributed by atoms with Gasteiger partial charge in [0.05, 0.1) is 0 Å². The third-order valence-corrected chi connectivity index (χ3v) is 0. The van der Waals surface area contributed by atoms with Crippen molar-refractivity contribution < 1.29 is 70.7 Å². The predicted octanol–water partition coefficient (Wildman–Crippen LogP) is 0.896. The molecule has 0 atom stereocenters. The van der Waals surface area contributed by atoms with Crippen molar-refractivity contribution in [1.29, 1.82) is 0 Å². The van der Waals surface area contributed by atoms with E-state index in [0.29, 0.717) is 0 Å². The van der Waals surface area contributed by atoms with E-state index in [-0.39, 0.29) is 85.6 Å². The fraction of sp³-hybridized carbons (Fsp3) is 0. The van der Waals surface area contributed by atoms with Crippen LogP contribution in [0.25, 0.3) is 0 Å². The number of hydrogen-bond donors (Lipinski definition) is 0. The van der Waals surface area contributed by atoms with E-state index in [4.69, 9.17) is 0 Å². The number of rotatable bonds is 0. The van der Waals surface area contributed by atoms with Crippen LogP contribution < -0.4 is 0 Å². The quantitative estimate of drug-likeness (QED) is 0.432. The SMILES string of the molecule is [CH3-].[CH3-].[U].[V].[W]. The molecule has 0 heterocycles. The maximum absolute atomic E-state index is 0. The van der Waals surface area contributed by atoms with Gasteiger partial charge in [-0.3, -0.25) is 0 Å². The zero-order valence-corrected chi connectivity index (χ0v) is 11.8. The van der Waals surface area contributed by atoms with E-state index in [0.717, 1.165) is 0 Å². The van der Waals surface area contributed by atoms with Crippen LogP contribution in [0.2, 0.25) is 0 Å². The van der Waals surface area contributed by atoms with Gasteiger partial charge in [0.2, 0.25) is 0 Å². The Hall–Kier alpha value is 2.32. The Morgan fingerprint density at radius 3 is 0.800 bits per heavy atom. The van der Waals surface area contributed by atoms with Crippen molar-refractivity contribution in [1.82, 2.24) is 0 Å². The molecule has 0 fully saturated rings. The van der Waals surface area contributed by atoms with Crippen molar-refractivity contribution in [3.05, 3.63) is 14.9 Å². The Morgan fingerprint density at radius 2 is 0.800 bits per heavy atom. The van der Waals surface area contributed by atoms with Gasteiger partial charge in [-0.25, -0.2) is 0 Å². The first-order valence-electron chi connectivity index (χ1n) is 0. The van der Waals surface area contributed by atoms with Gasteiger partial charge in [-0.15, -0.1) is 0 Å². The first-order chi connectivity index (χ1) is 0. The molecule has 5 heavy (non-hydrogen) atoms. The predicted molar refractivity (Wildman–Crippen MR) is 12.8 cm³/mol. The van der Waals surface area contributed by atoms with Crippen LogP contribution in [0.5, 0.6) is 0 Å². The van der Waals surface area contributed by atoms with Crippen LogP contribution in [-0.2, 0) is 39.6 Å². The van der Waals surface area contributed by atoms with Crippen LogP contribution >= 0.6 is 0 Å². The zero-order valence-electron chi connectivity index (χ0n) is 3.36. The molecule has 31 valence electrons. The largest absolute Gasteiger partial charge is 0.358 e. The van der Waals surface area contributed by atoms with Crippen molar-refractivity contribution in [2.75, 3.05) is 0 Å². The Morgan fingerprint density at radius 1 is 0.800 bits per heavy atom. The molecule has 0 saturated heterocycles. The minimum absolute atomic E-state index is 0. The molecule has 0 aromatic rings. The third-order valence-electron chi connectivity index (χ3n) is 0. The molecule has 0 spiro atoms. The minimum atomic E-state index is 0. The van der Waals surface area contributed by atoms with Gasteiger partial charge in [0, 0.05) is 70.7 Å². The van der Waals surface area contributed by atoms with E-state index >= 15 is 0 Å². The molecule has 0 aliphatic rings. The topological polar surface area (TPSA) is 0 Å². The third kappa shape index (κ3) is 21.9. The Kier molecular flexibility index (Phi) is 360. The second-order valence-electron chi connectivity index (χ2n) is 0. The van der Waals surface area contributed by atoms with E-state index in [1.165, 1.54) is 0 Å². The van der Waals surface area contributed by atoms with Crippen molar-refractivity contribution >= 4 is 0 Å². The van der Waals surface area contributed by atoms with Crippen LogP contribution in [0.15, 0.2) is 0 Å². The maximum atomic E-state index is 0. The van der Waals surface area contributed by atoms with Gasteiger partial charge >= 0.3 is 0 Å². The van der Waals surface area contributed by atoms with Gasteiger partial charge in [0.1, 0.15) is 0 Å². The van der Waals surface area contributed by atoms with E-state index in [1.807, 2.05) is 0 Å². The first kappa shape index (κ1) is 54.2. The monoisotopic (exact) mass is 503 g/mol. The van der Waals surface area contributed by atoms with Gasteiger partial charge in [-0.1, -0.05) is 0 Å².